The van der Waals surface area contributed by atoms with E-state index in [0.717, 1.165) is 12.2 Å². The maximum absolute atomic E-state index is 12.2. The first-order valence-corrected chi connectivity index (χ1v) is 8.06. The Morgan fingerprint density at radius 2 is 1.62 bits per heavy atom. The number of para-hydroxylation sites is 1. The van der Waals surface area contributed by atoms with Crippen LogP contribution in [0, 0.1) is 0 Å². The molecule has 0 fully saturated rings. The molecule has 5 heteroatoms. The van der Waals surface area contributed by atoms with Crippen molar-refractivity contribution < 1.29 is 9.59 Å². The van der Waals surface area contributed by atoms with Gasteiger partial charge in [0.1, 0.15) is 0 Å². The fourth-order valence-corrected chi connectivity index (χ4v) is 2.45. The minimum absolute atomic E-state index is 0.0515. The highest BCUT2D eigenvalue weighted by molar-refractivity contribution is 5.93. The van der Waals surface area contributed by atoms with E-state index in [2.05, 4.69) is 22.5 Å². The molecule has 0 heterocycles. The van der Waals surface area contributed by atoms with Gasteiger partial charge in [-0.3, -0.25) is 9.59 Å². The number of nitrogens with one attached hydrogen (secondary N) is 2. The van der Waals surface area contributed by atoms with Gasteiger partial charge < -0.3 is 15.5 Å². The second-order valence-corrected chi connectivity index (χ2v) is 5.48. The zero-order chi connectivity index (χ0) is 17.4. The van der Waals surface area contributed by atoms with Crippen LogP contribution in [0.5, 0.6) is 0 Å². The predicted molar refractivity (Wildman–Crippen MR) is 98.3 cm³/mol. The number of carbonyl (C=O) groups excluding carboxylic acids is 2. The molecule has 0 spiro atoms. The van der Waals surface area contributed by atoms with Gasteiger partial charge in [-0.25, -0.2) is 0 Å². The summed E-state index contributed by atoms with van der Waals surface area (Å²) < 4.78 is 0. The van der Waals surface area contributed by atoms with Crippen molar-refractivity contribution in [2.45, 2.75) is 20.3 Å². The number of carbonyl (C=O) groups is 2. The average molecular weight is 325 g/mol. The minimum Gasteiger partial charge on any atom is -0.371 e. The van der Waals surface area contributed by atoms with Crippen molar-refractivity contribution in [1.29, 1.82) is 0 Å². The first kappa shape index (κ1) is 17.5. The lowest BCUT2D eigenvalue weighted by atomic mass is 10.2. The van der Waals surface area contributed by atoms with E-state index in [9.17, 15) is 9.59 Å². The van der Waals surface area contributed by atoms with Gasteiger partial charge in [0.25, 0.3) is 0 Å². The molecule has 0 bridgehead atoms. The van der Waals surface area contributed by atoms with Gasteiger partial charge in [0, 0.05) is 43.5 Å². The molecule has 0 radical (unpaired) electrons. The monoisotopic (exact) mass is 325 g/mol. The van der Waals surface area contributed by atoms with Crippen LogP contribution in [0.3, 0.4) is 0 Å². The number of rotatable bonds is 7. The van der Waals surface area contributed by atoms with Gasteiger partial charge in [0.15, 0.2) is 0 Å². The van der Waals surface area contributed by atoms with Crippen LogP contribution in [0.25, 0.3) is 0 Å². The highest BCUT2D eigenvalue weighted by atomic mass is 16.2. The van der Waals surface area contributed by atoms with E-state index in [0.29, 0.717) is 24.3 Å². The molecular weight excluding hydrogens is 302 g/mol. The molecule has 2 N–H and O–H groups in total. The van der Waals surface area contributed by atoms with E-state index in [-0.39, 0.29) is 11.8 Å². The molecule has 2 rings (SSSR count). The highest BCUT2D eigenvalue weighted by Gasteiger charge is 2.08. The minimum atomic E-state index is -0.139. The first-order chi connectivity index (χ1) is 11.6. The number of benzene rings is 2. The molecule has 5 nitrogen and oxygen atoms in total. The Bertz CT molecular complexity index is 686. The average Bonchev–Trinajstić information content (AvgIpc) is 2.56. The Morgan fingerprint density at radius 3 is 2.25 bits per heavy atom. The Labute approximate surface area is 142 Å². The van der Waals surface area contributed by atoms with Gasteiger partial charge in [-0.2, -0.15) is 0 Å². The zero-order valence-electron chi connectivity index (χ0n) is 14.1. The van der Waals surface area contributed by atoms with E-state index >= 15 is 0 Å². The van der Waals surface area contributed by atoms with Gasteiger partial charge in [-0.1, -0.05) is 24.3 Å². The summed E-state index contributed by atoms with van der Waals surface area (Å²) in [7, 11) is 0. The predicted octanol–water partition coefficient (Wildman–Crippen LogP) is 3.50. The molecule has 2 aromatic rings. The highest BCUT2D eigenvalue weighted by Crippen LogP contribution is 2.16. The van der Waals surface area contributed by atoms with Crippen LogP contribution in [0.2, 0.25) is 0 Å². The summed E-state index contributed by atoms with van der Waals surface area (Å²) in [5, 5.41) is 5.57. The molecule has 0 saturated carbocycles. The number of amides is 2. The lowest BCUT2D eigenvalue weighted by molar-refractivity contribution is -0.116. The fourth-order valence-electron chi connectivity index (χ4n) is 2.45. The van der Waals surface area contributed by atoms with Crippen LogP contribution in [0.1, 0.15) is 20.3 Å². The third kappa shape index (κ3) is 5.43. The zero-order valence-corrected chi connectivity index (χ0v) is 14.1. The van der Waals surface area contributed by atoms with Crippen LogP contribution in [0.15, 0.2) is 54.6 Å². The molecule has 2 amide bonds. The lowest BCUT2D eigenvalue weighted by Crippen LogP contribution is -2.27. The maximum atomic E-state index is 12.2. The van der Waals surface area contributed by atoms with Crippen LogP contribution in [-0.2, 0) is 9.59 Å². The summed E-state index contributed by atoms with van der Waals surface area (Å²) in [6, 6.07) is 17.2. The van der Waals surface area contributed by atoms with Crippen LogP contribution in [0.4, 0.5) is 17.1 Å². The van der Waals surface area contributed by atoms with E-state index in [1.807, 2.05) is 30.3 Å². The second-order valence-electron chi connectivity index (χ2n) is 5.48. The van der Waals surface area contributed by atoms with Crippen molar-refractivity contribution in [2.24, 2.45) is 0 Å². The summed E-state index contributed by atoms with van der Waals surface area (Å²) in [5.41, 5.74) is 2.45. The molecule has 0 unspecified atom stereocenters. The van der Waals surface area contributed by atoms with Gasteiger partial charge in [-0.15, -0.1) is 0 Å². The number of hydrogen-bond donors (Lipinski definition) is 2. The quantitative estimate of drug-likeness (QED) is 0.819. The van der Waals surface area contributed by atoms with Gasteiger partial charge in [0.2, 0.25) is 11.8 Å². The van der Waals surface area contributed by atoms with Crippen molar-refractivity contribution in [3.8, 4) is 0 Å². The first-order valence-electron chi connectivity index (χ1n) is 8.06. The van der Waals surface area contributed by atoms with E-state index in [4.69, 9.17) is 0 Å². The lowest BCUT2D eigenvalue weighted by Gasteiger charge is -2.22. The van der Waals surface area contributed by atoms with Gasteiger partial charge in [0.05, 0.1) is 0 Å². The normalized spacial score (nSPS) is 10.1. The van der Waals surface area contributed by atoms with Crippen molar-refractivity contribution in [3.63, 3.8) is 0 Å². The fraction of sp³-hybridized carbons (Fsp3) is 0.263. The third-order valence-corrected chi connectivity index (χ3v) is 3.58. The molecule has 0 aliphatic carbocycles. The summed E-state index contributed by atoms with van der Waals surface area (Å²) in [5.74, 6) is -0.190. The van der Waals surface area contributed by atoms with Crippen molar-refractivity contribution >= 4 is 28.9 Å². The Balaban J connectivity index is 1.90. The molecule has 0 atom stereocenters. The molecule has 126 valence electrons. The van der Waals surface area contributed by atoms with Crippen LogP contribution in [-0.4, -0.2) is 24.9 Å². The summed E-state index contributed by atoms with van der Waals surface area (Å²) >= 11 is 0. The second kappa shape index (κ2) is 8.72. The standard InChI is InChI=1S/C19H23N3O2/c1-3-22(18-10-5-4-6-11-18)13-12-19(24)21-17-9-7-8-16(14-17)20-15(2)23/h4-11,14H,3,12-13H2,1-2H3,(H,20,23)(H,21,24). The molecule has 0 aliphatic rings. The molecule has 0 aliphatic heterocycles. The third-order valence-electron chi connectivity index (χ3n) is 3.58. The van der Waals surface area contributed by atoms with E-state index in [1.54, 1.807) is 24.3 Å². The molecule has 0 aromatic heterocycles. The number of nitrogens with zero attached hydrogens (tertiary/aromatic N) is 1. The van der Waals surface area contributed by atoms with Crippen LogP contribution >= 0.6 is 0 Å². The molecule has 0 saturated heterocycles. The van der Waals surface area contributed by atoms with Crippen molar-refractivity contribution in [2.75, 3.05) is 28.6 Å². The summed E-state index contributed by atoms with van der Waals surface area (Å²) in [6.07, 6.45) is 0.396. The Morgan fingerprint density at radius 1 is 0.958 bits per heavy atom. The summed E-state index contributed by atoms with van der Waals surface area (Å²) in [6.45, 7) is 5.02. The van der Waals surface area contributed by atoms with Crippen LogP contribution < -0.4 is 15.5 Å². The Kier molecular flexibility index (Phi) is 6.37. The topological polar surface area (TPSA) is 61.4 Å². The van der Waals surface area contributed by atoms with E-state index < -0.39 is 0 Å². The SMILES string of the molecule is CCN(CCC(=O)Nc1cccc(NC(C)=O)c1)c1ccccc1. The van der Waals surface area contributed by atoms with Crippen molar-refractivity contribution in [3.05, 3.63) is 54.6 Å². The smallest absolute Gasteiger partial charge is 0.226 e. The van der Waals surface area contributed by atoms with Gasteiger partial charge >= 0.3 is 0 Å². The van der Waals surface area contributed by atoms with Crippen molar-refractivity contribution in [1.82, 2.24) is 0 Å². The Hall–Kier alpha value is -2.82. The molecule has 2 aromatic carbocycles. The van der Waals surface area contributed by atoms with E-state index in [1.165, 1.54) is 6.92 Å². The number of hydrogen-bond acceptors (Lipinski definition) is 3. The molecule has 24 heavy (non-hydrogen) atoms. The molecular formula is C19H23N3O2. The summed E-state index contributed by atoms with van der Waals surface area (Å²) in [4.78, 5) is 25.4. The van der Waals surface area contributed by atoms with Gasteiger partial charge in [-0.05, 0) is 37.3 Å². The number of anilines is 3. The maximum Gasteiger partial charge on any atom is 0.226 e. The largest absolute Gasteiger partial charge is 0.371 e.